The van der Waals surface area contributed by atoms with Crippen LogP contribution < -0.4 is 5.32 Å². The normalized spacial score (nSPS) is 10.8. The van der Waals surface area contributed by atoms with Crippen molar-refractivity contribution in [3.05, 3.63) is 59.9 Å². The summed E-state index contributed by atoms with van der Waals surface area (Å²) in [6, 6.07) is 9.64. The summed E-state index contributed by atoms with van der Waals surface area (Å²) in [5.41, 5.74) is 0.0233. The van der Waals surface area contributed by atoms with E-state index in [0.29, 0.717) is 5.56 Å². The highest BCUT2D eigenvalue weighted by molar-refractivity contribution is 6.49. The minimum absolute atomic E-state index is 0.0948. The zero-order valence-electron chi connectivity index (χ0n) is 13.7. The predicted molar refractivity (Wildman–Crippen MR) is 89.2 cm³/mol. The number of amides is 1. The van der Waals surface area contributed by atoms with Gasteiger partial charge in [0.25, 0.3) is 0 Å². The molecule has 0 aliphatic rings. The topological polar surface area (TPSA) is 85.4 Å². The minimum Gasteiger partial charge on any atom is -0.444 e. The monoisotopic (exact) mass is 326 g/mol. The Bertz CT molecular complexity index is 764. The molecule has 0 atom stereocenters. The first-order chi connectivity index (χ1) is 11.3. The second-order valence-corrected chi connectivity index (χ2v) is 6.11. The number of carbonyl (C=O) groups excluding carboxylic acids is 3. The number of pyridine rings is 1. The first-order valence-electron chi connectivity index (χ1n) is 7.35. The molecule has 0 unspecified atom stereocenters. The molecule has 1 aromatic carbocycles. The number of rotatable bonds is 4. The molecule has 0 radical (unpaired) electrons. The lowest BCUT2D eigenvalue weighted by Gasteiger charge is -2.19. The molecule has 6 nitrogen and oxygen atoms in total. The minimum atomic E-state index is -0.693. The van der Waals surface area contributed by atoms with Gasteiger partial charge in [-0.05, 0) is 26.8 Å². The second kappa shape index (κ2) is 7.04. The molecule has 1 amide bonds. The average Bonchev–Trinajstić information content (AvgIpc) is 2.52. The molecular weight excluding hydrogens is 308 g/mol. The van der Waals surface area contributed by atoms with Gasteiger partial charge in [0.05, 0.1) is 11.9 Å². The van der Waals surface area contributed by atoms with Gasteiger partial charge in [-0.1, -0.05) is 30.3 Å². The molecule has 2 aromatic rings. The van der Waals surface area contributed by atoms with E-state index in [1.54, 1.807) is 51.1 Å². The SMILES string of the molecule is CC(C)(C)OC(=O)Nc1cncc(C(=O)C(=O)c2ccccc2)c1. The van der Waals surface area contributed by atoms with Crippen LogP contribution in [0.25, 0.3) is 0 Å². The van der Waals surface area contributed by atoms with Gasteiger partial charge in [0, 0.05) is 17.3 Å². The number of ketones is 2. The molecule has 2 rings (SSSR count). The molecule has 6 heteroatoms. The molecule has 0 aliphatic heterocycles. The Kier molecular flexibility index (Phi) is 5.08. The second-order valence-electron chi connectivity index (χ2n) is 6.11. The van der Waals surface area contributed by atoms with Crippen molar-refractivity contribution >= 4 is 23.3 Å². The van der Waals surface area contributed by atoms with Gasteiger partial charge < -0.3 is 4.74 Å². The van der Waals surface area contributed by atoms with Gasteiger partial charge in [-0.25, -0.2) is 4.79 Å². The molecule has 1 aromatic heterocycles. The van der Waals surface area contributed by atoms with Gasteiger partial charge in [-0.3, -0.25) is 19.9 Å². The molecule has 0 fully saturated rings. The average molecular weight is 326 g/mol. The molecule has 1 N–H and O–H groups in total. The van der Waals surface area contributed by atoms with E-state index in [9.17, 15) is 14.4 Å². The number of anilines is 1. The maximum atomic E-state index is 12.3. The van der Waals surface area contributed by atoms with Crippen LogP contribution in [0.3, 0.4) is 0 Å². The van der Waals surface area contributed by atoms with Crippen LogP contribution in [0, 0.1) is 0 Å². The first-order valence-corrected chi connectivity index (χ1v) is 7.35. The summed E-state index contributed by atoms with van der Waals surface area (Å²) in [4.78, 5) is 40.1. The lowest BCUT2D eigenvalue weighted by Crippen LogP contribution is -2.27. The lowest BCUT2D eigenvalue weighted by molar-refractivity contribution is 0.0635. The number of hydrogen-bond acceptors (Lipinski definition) is 5. The standard InChI is InChI=1S/C18H18N2O4/c1-18(2,3)24-17(23)20-14-9-13(10-19-11-14)16(22)15(21)12-7-5-4-6-8-12/h4-11H,1-3H3,(H,20,23). The highest BCUT2D eigenvalue weighted by Crippen LogP contribution is 2.14. The molecule has 24 heavy (non-hydrogen) atoms. The van der Waals surface area contributed by atoms with Gasteiger partial charge in [-0.2, -0.15) is 0 Å². The summed E-state index contributed by atoms with van der Waals surface area (Å²) in [7, 11) is 0. The summed E-state index contributed by atoms with van der Waals surface area (Å²) < 4.78 is 5.13. The van der Waals surface area contributed by atoms with Crippen molar-refractivity contribution in [2.24, 2.45) is 0 Å². The summed E-state index contributed by atoms with van der Waals surface area (Å²) in [5, 5.41) is 2.49. The Hall–Kier alpha value is -3.02. The number of nitrogens with one attached hydrogen (secondary N) is 1. The number of hydrogen-bond donors (Lipinski definition) is 1. The van der Waals surface area contributed by atoms with E-state index in [1.165, 1.54) is 18.5 Å². The number of nitrogens with zero attached hydrogens (tertiary/aromatic N) is 1. The van der Waals surface area contributed by atoms with E-state index in [2.05, 4.69) is 10.3 Å². The third-order valence-electron chi connectivity index (χ3n) is 2.89. The predicted octanol–water partition coefficient (Wildman–Crippen LogP) is 3.49. The number of ether oxygens (including phenoxy) is 1. The van der Waals surface area contributed by atoms with Crippen molar-refractivity contribution in [1.29, 1.82) is 0 Å². The van der Waals surface area contributed by atoms with Crippen LogP contribution in [0.1, 0.15) is 41.5 Å². The smallest absolute Gasteiger partial charge is 0.412 e. The van der Waals surface area contributed by atoms with Crippen molar-refractivity contribution in [2.45, 2.75) is 26.4 Å². The van der Waals surface area contributed by atoms with E-state index in [-0.39, 0.29) is 11.3 Å². The van der Waals surface area contributed by atoms with Crippen molar-refractivity contribution in [3.63, 3.8) is 0 Å². The molecule has 0 bridgehead atoms. The Morgan fingerprint density at radius 1 is 0.958 bits per heavy atom. The van der Waals surface area contributed by atoms with Crippen LogP contribution in [-0.4, -0.2) is 28.2 Å². The molecule has 0 aliphatic carbocycles. The zero-order chi connectivity index (χ0) is 17.7. The summed E-state index contributed by atoms with van der Waals surface area (Å²) >= 11 is 0. The van der Waals surface area contributed by atoms with Gasteiger partial charge in [0.15, 0.2) is 0 Å². The maximum absolute atomic E-state index is 12.3. The van der Waals surface area contributed by atoms with Crippen molar-refractivity contribution in [2.75, 3.05) is 5.32 Å². The Morgan fingerprint density at radius 3 is 2.21 bits per heavy atom. The Labute approximate surface area is 139 Å². The van der Waals surface area contributed by atoms with E-state index in [1.807, 2.05) is 0 Å². The van der Waals surface area contributed by atoms with Crippen LogP contribution in [-0.2, 0) is 4.74 Å². The fourth-order valence-electron chi connectivity index (χ4n) is 1.91. The van der Waals surface area contributed by atoms with Crippen molar-refractivity contribution < 1.29 is 19.1 Å². The summed E-state index contributed by atoms with van der Waals surface area (Å²) in [6.07, 6.45) is 1.99. The molecule has 124 valence electrons. The van der Waals surface area contributed by atoms with Gasteiger partial charge in [0.1, 0.15) is 5.60 Å². The summed E-state index contributed by atoms with van der Waals surface area (Å²) in [5.74, 6) is -1.33. The molecular formula is C18H18N2O4. The molecule has 0 saturated heterocycles. The van der Waals surface area contributed by atoms with Crippen LogP contribution in [0.2, 0.25) is 0 Å². The van der Waals surface area contributed by atoms with Crippen LogP contribution >= 0.6 is 0 Å². The zero-order valence-corrected chi connectivity index (χ0v) is 13.7. The number of carbonyl (C=O) groups is 3. The fraction of sp³-hybridized carbons (Fsp3) is 0.222. The van der Waals surface area contributed by atoms with Crippen LogP contribution in [0.4, 0.5) is 10.5 Å². The van der Waals surface area contributed by atoms with Gasteiger partial charge in [-0.15, -0.1) is 0 Å². The van der Waals surface area contributed by atoms with Crippen LogP contribution in [0.5, 0.6) is 0 Å². The number of Topliss-reactive ketones (excluding diaryl/α,β-unsaturated/α-hetero) is 2. The first kappa shape index (κ1) is 17.3. The van der Waals surface area contributed by atoms with E-state index in [0.717, 1.165) is 0 Å². The number of aromatic nitrogens is 1. The van der Waals surface area contributed by atoms with Gasteiger partial charge >= 0.3 is 6.09 Å². The number of benzene rings is 1. The molecule has 0 spiro atoms. The van der Waals surface area contributed by atoms with Crippen LogP contribution in [0.15, 0.2) is 48.8 Å². The van der Waals surface area contributed by atoms with E-state index in [4.69, 9.17) is 4.74 Å². The third kappa shape index (κ3) is 4.74. The molecule has 0 saturated carbocycles. The molecule has 1 heterocycles. The van der Waals surface area contributed by atoms with Crippen molar-refractivity contribution in [3.8, 4) is 0 Å². The highest BCUT2D eigenvalue weighted by atomic mass is 16.6. The largest absolute Gasteiger partial charge is 0.444 e. The Balaban J connectivity index is 2.14. The van der Waals surface area contributed by atoms with E-state index < -0.39 is 23.3 Å². The van der Waals surface area contributed by atoms with Gasteiger partial charge in [0.2, 0.25) is 11.6 Å². The van der Waals surface area contributed by atoms with Crippen molar-refractivity contribution in [1.82, 2.24) is 4.98 Å². The Morgan fingerprint density at radius 2 is 1.58 bits per heavy atom. The summed E-state index contributed by atoms with van der Waals surface area (Å²) in [6.45, 7) is 5.22. The lowest BCUT2D eigenvalue weighted by atomic mass is 10.0. The maximum Gasteiger partial charge on any atom is 0.412 e. The quantitative estimate of drug-likeness (QED) is 0.686. The van der Waals surface area contributed by atoms with E-state index >= 15 is 0 Å². The third-order valence-corrected chi connectivity index (χ3v) is 2.89. The fourth-order valence-corrected chi connectivity index (χ4v) is 1.91. The highest BCUT2D eigenvalue weighted by Gasteiger charge is 2.20.